The van der Waals surface area contributed by atoms with Crippen LogP contribution in [0.15, 0.2) is 21.4 Å². The molecule has 17 heavy (non-hydrogen) atoms. The van der Waals surface area contributed by atoms with Crippen LogP contribution in [0.5, 0.6) is 0 Å². The molecule has 0 unspecified atom stereocenters. The molecule has 0 atom stereocenters. The SMILES string of the molecule is O=C(c1ccoc1Br)N(CCBr)CC(F)(F)F. The Labute approximate surface area is 112 Å². The van der Waals surface area contributed by atoms with Crippen LogP contribution in [0, 0.1) is 0 Å². The normalized spacial score (nSPS) is 11.6. The third-order valence-corrected chi connectivity index (χ3v) is 2.83. The molecule has 1 aromatic heterocycles. The molecule has 0 aliphatic heterocycles. The van der Waals surface area contributed by atoms with Crippen molar-refractivity contribution in [3.63, 3.8) is 0 Å². The van der Waals surface area contributed by atoms with Crippen LogP contribution in [0.25, 0.3) is 0 Å². The van der Waals surface area contributed by atoms with Gasteiger partial charge >= 0.3 is 6.18 Å². The fraction of sp³-hybridized carbons (Fsp3) is 0.444. The molecule has 1 heterocycles. The first-order chi connectivity index (χ1) is 7.85. The maximum absolute atomic E-state index is 12.3. The lowest BCUT2D eigenvalue weighted by molar-refractivity contribution is -0.140. The Morgan fingerprint density at radius 3 is 2.53 bits per heavy atom. The second kappa shape index (κ2) is 5.90. The molecule has 0 saturated heterocycles. The summed E-state index contributed by atoms with van der Waals surface area (Å²) in [6.07, 6.45) is -3.19. The number of nitrogens with zero attached hydrogens (tertiary/aromatic N) is 1. The molecule has 0 aliphatic carbocycles. The van der Waals surface area contributed by atoms with E-state index in [1.807, 2.05) is 0 Å². The number of carbonyl (C=O) groups excluding carboxylic acids is 1. The van der Waals surface area contributed by atoms with Gasteiger partial charge in [-0.25, -0.2) is 0 Å². The molecule has 0 aliphatic rings. The Balaban J connectivity index is 2.84. The van der Waals surface area contributed by atoms with Gasteiger partial charge in [0.15, 0.2) is 4.67 Å². The Hall–Kier alpha value is -0.500. The maximum Gasteiger partial charge on any atom is 0.406 e. The van der Waals surface area contributed by atoms with Crippen molar-refractivity contribution >= 4 is 37.8 Å². The lowest BCUT2D eigenvalue weighted by Gasteiger charge is -2.22. The number of halogens is 5. The van der Waals surface area contributed by atoms with Crippen LogP contribution in [0.4, 0.5) is 13.2 Å². The Bertz CT molecular complexity index is 392. The minimum Gasteiger partial charge on any atom is -0.457 e. The molecule has 0 aromatic carbocycles. The summed E-state index contributed by atoms with van der Waals surface area (Å²) in [4.78, 5) is 12.5. The Morgan fingerprint density at radius 1 is 1.47 bits per heavy atom. The first-order valence-corrected chi connectivity index (χ1v) is 6.41. The summed E-state index contributed by atoms with van der Waals surface area (Å²) in [5, 5.41) is 0.268. The predicted octanol–water partition coefficient (Wildman–Crippen LogP) is 3.44. The highest BCUT2D eigenvalue weighted by Crippen LogP contribution is 2.22. The van der Waals surface area contributed by atoms with Crippen molar-refractivity contribution in [3.05, 3.63) is 22.6 Å². The molecule has 0 fully saturated rings. The van der Waals surface area contributed by atoms with Gasteiger partial charge in [-0.2, -0.15) is 13.2 Å². The molecule has 3 nitrogen and oxygen atoms in total. The second-order valence-corrected chi connectivity index (χ2v) is 4.65. The van der Waals surface area contributed by atoms with E-state index >= 15 is 0 Å². The van der Waals surface area contributed by atoms with Gasteiger partial charge in [-0.15, -0.1) is 0 Å². The van der Waals surface area contributed by atoms with Gasteiger partial charge < -0.3 is 9.32 Å². The zero-order chi connectivity index (χ0) is 13.1. The first-order valence-electron chi connectivity index (χ1n) is 4.50. The van der Waals surface area contributed by atoms with Gasteiger partial charge in [-0.1, -0.05) is 15.9 Å². The lowest BCUT2D eigenvalue weighted by atomic mass is 10.3. The lowest BCUT2D eigenvalue weighted by Crippen LogP contribution is -2.40. The molecule has 0 saturated carbocycles. The van der Waals surface area contributed by atoms with E-state index in [0.717, 1.165) is 0 Å². The number of furan rings is 1. The van der Waals surface area contributed by atoms with Crippen LogP contribution in [0.3, 0.4) is 0 Å². The van der Waals surface area contributed by atoms with Gasteiger partial charge in [-0.05, 0) is 22.0 Å². The maximum atomic E-state index is 12.3. The van der Waals surface area contributed by atoms with Gasteiger partial charge in [0.2, 0.25) is 0 Å². The van der Waals surface area contributed by atoms with Crippen molar-refractivity contribution in [3.8, 4) is 0 Å². The summed E-state index contributed by atoms with van der Waals surface area (Å²) in [6, 6.07) is 1.32. The molecular formula is C9H8Br2F3NO2. The fourth-order valence-corrected chi connectivity index (χ4v) is 2.03. The quantitative estimate of drug-likeness (QED) is 0.752. The Morgan fingerprint density at radius 2 is 2.12 bits per heavy atom. The van der Waals surface area contributed by atoms with Crippen molar-refractivity contribution in [2.45, 2.75) is 6.18 Å². The molecule has 96 valence electrons. The molecule has 0 spiro atoms. The van der Waals surface area contributed by atoms with Crippen LogP contribution < -0.4 is 0 Å². The summed E-state index contributed by atoms with van der Waals surface area (Å²) < 4.78 is 41.8. The number of amides is 1. The molecular weight excluding hydrogens is 371 g/mol. The first kappa shape index (κ1) is 14.6. The van der Waals surface area contributed by atoms with Crippen molar-refractivity contribution in [2.75, 3.05) is 18.4 Å². The van der Waals surface area contributed by atoms with Crippen molar-refractivity contribution in [1.82, 2.24) is 4.90 Å². The van der Waals surface area contributed by atoms with Crippen LogP contribution in [-0.4, -0.2) is 35.4 Å². The van der Waals surface area contributed by atoms with E-state index in [4.69, 9.17) is 4.42 Å². The van der Waals surface area contributed by atoms with E-state index in [-0.39, 0.29) is 22.1 Å². The molecule has 0 N–H and O–H groups in total. The predicted molar refractivity (Wildman–Crippen MR) is 62.2 cm³/mol. The minimum atomic E-state index is -4.42. The molecule has 1 rings (SSSR count). The van der Waals surface area contributed by atoms with Crippen molar-refractivity contribution in [2.24, 2.45) is 0 Å². The summed E-state index contributed by atoms with van der Waals surface area (Å²) in [6.45, 7) is -1.31. The van der Waals surface area contributed by atoms with Gasteiger partial charge in [0.1, 0.15) is 6.54 Å². The highest BCUT2D eigenvalue weighted by atomic mass is 79.9. The van der Waals surface area contributed by atoms with E-state index in [2.05, 4.69) is 31.9 Å². The second-order valence-electron chi connectivity index (χ2n) is 3.14. The largest absolute Gasteiger partial charge is 0.457 e. The van der Waals surface area contributed by atoms with E-state index in [1.165, 1.54) is 12.3 Å². The van der Waals surface area contributed by atoms with Crippen LogP contribution in [0.2, 0.25) is 0 Å². The summed E-state index contributed by atoms with van der Waals surface area (Å²) in [7, 11) is 0. The number of carbonyl (C=O) groups is 1. The van der Waals surface area contributed by atoms with Gasteiger partial charge in [0.25, 0.3) is 5.91 Å². The highest BCUT2D eigenvalue weighted by molar-refractivity contribution is 9.10. The van der Waals surface area contributed by atoms with Gasteiger partial charge in [-0.3, -0.25) is 4.79 Å². The average Bonchev–Trinajstić information content (AvgIpc) is 2.61. The average molecular weight is 379 g/mol. The molecule has 1 aromatic rings. The van der Waals surface area contributed by atoms with Gasteiger partial charge in [0, 0.05) is 11.9 Å². The summed E-state index contributed by atoms with van der Waals surface area (Å²) in [5.74, 6) is -0.720. The molecule has 8 heteroatoms. The number of rotatable bonds is 4. The van der Waals surface area contributed by atoms with Crippen LogP contribution in [0.1, 0.15) is 10.4 Å². The highest BCUT2D eigenvalue weighted by Gasteiger charge is 2.33. The third-order valence-electron chi connectivity index (χ3n) is 1.86. The zero-order valence-electron chi connectivity index (χ0n) is 8.43. The minimum absolute atomic E-state index is 0.0318. The van der Waals surface area contributed by atoms with E-state index < -0.39 is 18.6 Å². The van der Waals surface area contributed by atoms with Crippen LogP contribution in [-0.2, 0) is 0 Å². The summed E-state index contributed by atoms with van der Waals surface area (Å²) >= 11 is 5.97. The van der Waals surface area contributed by atoms with E-state index in [9.17, 15) is 18.0 Å². The fourth-order valence-electron chi connectivity index (χ4n) is 1.19. The molecule has 1 amide bonds. The van der Waals surface area contributed by atoms with Crippen molar-refractivity contribution < 1.29 is 22.4 Å². The zero-order valence-corrected chi connectivity index (χ0v) is 11.6. The third kappa shape index (κ3) is 4.34. The van der Waals surface area contributed by atoms with E-state index in [0.29, 0.717) is 4.90 Å². The molecule has 0 bridgehead atoms. The van der Waals surface area contributed by atoms with Crippen molar-refractivity contribution in [1.29, 1.82) is 0 Å². The number of hydrogen-bond donors (Lipinski definition) is 0. The topological polar surface area (TPSA) is 33.5 Å². The summed E-state index contributed by atoms with van der Waals surface area (Å²) in [5.41, 5.74) is 0.0789. The number of hydrogen-bond acceptors (Lipinski definition) is 2. The molecule has 0 radical (unpaired) electrons. The Kier molecular flexibility index (Phi) is 5.05. The number of alkyl halides is 4. The smallest absolute Gasteiger partial charge is 0.406 e. The standard InChI is InChI=1S/C9H8Br2F3NO2/c10-2-3-15(5-9(12,13)14)8(16)6-1-4-17-7(6)11/h1,4H,2-3,5H2. The monoisotopic (exact) mass is 377 g/mol. The van der Waals surface area contributed by atoms with E-state index in [1.54, 1.807) is 0 Å². The van der Waals surface area contributed by atoms with Gasteiger partial charge in [0.05, 0.1) is 11.8 Å². The van der Waals surface area contributed by atoms with Crippen LogP contribution >= 0.6 is 31.9 Å².